The number of methoxy groups -OCH3 is 1. The molecule has 1 aliphatic rings. The highest BCUT2D eigenvalue weighted by molar-refractivity contribution is 8.18. The Morgan fingerprint density at radius 1 is 1.21 bits per heavy atom. The monoisotopic (exact) mass is 450 g/mol. The first-order valence-electron chi connectivity index (χ1n) is 7.97. The molecule has 3 rings (SSSR count). The summed E-state index contributed by atoms with van der Waals surface area (Å²) >= 11 is 12.9. The van der Waals surface area contributed by atoms with Crippen molar-refractivity contribution in [3.8, 4) is 5.75 Å². The second-order valence-electron chi connectivity index (χ2n) is 5.57. The second-order valence-corrected chi connectivity index (χ2v) is 7.41. The van der Waals surface area contributed by atoms with Gasteiger partial charge in [-0.15, -0.1) is 5.10 Å². The minimum Gasteiger partial charge on any atom is -0.497 e. The van der Waals surface area contributed by atoms with Crippen LogP contribution in [0.5, 0.6) is 5.75 Å². The van der Waals surface area contributed by atoms with Crippen LogP contribution in [0.3, 0.4) is 0 Å². The zero-order valence-electron chi connectivity index (χ0n) is 14.8. The van der Waals surface area contributed by atoms with Crippen LogP contribution in [0.25, 0.3) is 6.08 Å². The van der Waals surface area contributed by atoms with Gasteiger partial charge in [-0.25, -0.2) is 0 Å². The lowest BCUT2D eigenvalue weighted by Crippen LogP contribution is -2.19. The Kier molecular flexibility index (Phi) is 6.53. The van der Waals surface area contributed by atoms with E-state index in [4.69, 9.17) is 27.9 Å². The van der Waals surface area contributed by atoms with Crippen LogP contribution >= 0.6 is 35.0 Å². The number of rotatable bonds is 5. The number of ether oxygens (including phenoxy) is 1. The molecule has 1 fully saturated rings. The minimum absolute atomic E-state index is 0.0826. The maximum Gasteiger partial charge on any atom is 0.288 e. The summed E-state index contributed by atoms with van der Waals surface area (Å²) in [5, 5.41) is 21.9. The van der Waals surface area contributed by atoms with E-state index >= 15 is 0 Å². The molecule has 1 heterocycles. The molecule has 0 saturated carbocycles. The van der Waals surface area contributed by atoms with Crippen molar-refractivity contribution in [1.29, 1.82) is 0 Å². The van der Waals surface area contributed by atoms with Crippen LogP contribution < -0.4 is 10.1 Å². The summed E-state index contributed by atoms with van der Waals surface area (Å²) in [5.41, 5.74) is 0.799. The van der Waals surface area contributed by atoms with E-state index in [0.29, 0.717) is 5.56 Å². The molecule has 0 bridgehead atoms. The zero-order valence-corrected chi connectivity index (χ0v) is 17.1. The Bertz CT molecular complexity index is 1070. The smallest absolute Gasteiger partial charge is 0.288 e. The topological polar surface area (TPSA) is 106 Å². The number of nitro benzene ring substituents is 1. The quantitative estimate of drug-likeness (QED) is 0.312. The van der Waals surface area contributed by atoms with Gasteiger partial charge in [-0.3, -0.25) is 20.2 Å². The summed E-state index contributed by atoms with van der Waals surface area (Å²) in [6.07, 6.45) is 2.96. The van der Waals surface area contributed by atoms with Crippen LogP contribution in [0, 0.1) is 10.1 Å². The van der Waals surface area contributed by atoms with E-state index in [1.54, 1.807) is 19.2 Å². The Morgan fingerprint density at radius 2 is 1.93 bits per heavy atom. The maximum atomic E-state index is 12.1. The largest absolute Gasteiger partial charge is 0.497 e. The number of nitrogens with one attached hydrogen (secondary N) is 1. The van der Waals surface area contributed by atoms with E-state index < -0.39 is 10.8 Å². The van der Waals surface area contributed by atoms with E-state index in [1.165, 1.54) is 24.4 Å². The lowest BCUT2D eigenvalue weighted by atomic mass is 10.2. The Morgan fingerprint density at radius 3 is 2.59 bits per heavy atom. The molecule has 0 atom stereocenters. The number of nitrogens with zero attached hydrogens (tertiary/aromatic N) is 3. The molecule has 0 aliphatic carbocycles. The fourth-order valence-corrected chi connectivity index (χ4v) is 3.53. The SMILES string of the molecule is COc1ccc(/C=N\N=C2/NC(=O)/C(=C\c3cc([N+](=O)[O-])c(Cl)cc3Cl)S2)cc1. The van der Waals surface area contributed by atoms with Gasteiger partial charge in [0.05, 0.1) is 23.2 Å². The molecule has 0 radical (unpaired) electrons. The van der Waals surface area contributed by atoms with E-state index in [1.807, 2.05) is 12.1 Å². The van der Waals surface area contributed by atoms with Crippen molar-refractivity contribution in [3.05, 3.63) is 72.6 Å². The molecule has 0 aromatic heterocycles. The number of halogens is 2. The molecule has 1 N–H and O–H groups in total. The van der Waals surface area contributed by atoms with Gasteiger partial charge in [0.25, 0.3) is 11.6 Å². The van der Waals surface area contributed by atoms with Gasteiger partial charge >= 0.3 is 0 Å². The van der Waals surface area contributed by atoms with Crippen molar-refractivity contribution in [2.24, 2.45) is 10.2 Å². The number of hydrogen-bond acceptors (Lipinski definition) is 7. The number of thioether (sulfide) groups is 1. The first kappa shape index (κ1) is 20.8. The lowest BCUT2D eigenvalue weighted by Gasteiger charge is -2.01. The van der Waals surface area contributed by atoms with Gasteiger partial charge in [0.15, 0.2) is 5.17 Å². The fraction of sp³-hybridized carbons (Fsp3) is 0.0556. The molecule has 0 unspecified atom stereocenters. The van der Waals surface area contributed by atoms with Gasteiger partial charge in [-0.1, -0.05) is 23.2 Å². The fourth-order valence-electron chi connectivity index (χ4n) is 2.26. The van der Waals surface area contributed by atoms with Crippen molar-refractivity contribution in [3.63, 3.8) is 0 Å². The summed E-state index contributed by atoms with van der Waals surface area (Å²) in [6.45, 7) is 0. The van der Waals surface area contributed by atoms with Crippen molar-refractivity contribution in [2.75, 3.05) is 7.11 Å². The average Bonchev–Trinajstić information content (AvgIpc) is 3.03. The van der Waals surface area contributed by atoms with Crippen molar-refractivity contribution >= 4 is 64.0 Å². The Balaban J connectivity index is 1.77. The normalized spacial score (nSPS) is 16.6. The molecular formula is C18H12Cl2N4O4S. The number of amidine groups is 1. The second kappa shape index (κ2) is 9.08. The van der Waals surface area contributed by atoms with Crippen molar-refractivity contribution < 1.29 is 14.5 Å². The number of benzene rings is 2. The van der Waals surface area contributed by atoms with Crippen LogP contribution in [-0.4, -0.2) is 29.3 Å². The van der Waals surface area contributed by atoms with Crippen molar-refractivity contribution in [1.82, 2.24) is 5.32 Å². The summed E-state index contributed by atoms with van der Waals surface area (Å²) in [4.78, 5) is 22.8. The van der Waals surface area contributed by atoms with Crippen LogP contribution in [0.15, 0.2) is 51.5 Å². The molecule has 11 heteroatoms. The minimum atomic E-state index is -0.622. The molecule has 0 spiro atoms. The first-order valence-corrected chi connectivity index (χ1v) is 9.54. The summed E-state index contributed by atoms with van der Waals surface area (Å²) in [5.74, 6) is 0.310. The van der Waals surface area contributed by atoms with Gasteiger partial charge in [-0.05, 0) is 53.7 Å². The van der Waals surface area contributed by atoms with Crippen LogP contribution in [0.1, 0.15) is 11.1 Å². The predicted octanol–water partition coefficient (Wildman–Crippen LogP) is 4.50. The number of carbonyl (C=O) groups excluding carboxylic acids is 1. The first-order chi connectivity index (χ1) is 13.9. The maximum absolute atomic E-state index is 12.1. The van der Waals surface area contributed by atoms with Crippen LogP contribution in [-0.2, 0) is 4.79 Å². The Hall–Kier alpha value is -2.88. The van der Waals surface area contributed by atoms with Gasteiger partial charge in [0, 0.05) is 16.7 Å². The molecule has 1 amide bonds. The van der Waals surface area contributed by atoms with Gasteiger partial charge in [-0.2, -0.15) is 5.10 Å². The van der Waals surface area contributed by atoms with Gasteiger partial charge in [0.1, 0.15) is 10.8 Å². The van der Waals surface area contributed by atoms with Crippen LogP contribution in [0.2, 0.25) is 10.0 Å². The van der Waals surface area contributed by atoms with Gasteiger partial charge < -0.3 is 4.74 Å². The van der Waals surface area contributed by atoms with E-state index in [0.717, 1.165) is 23.1 Å². The van der Waals surface area contributed by atoms with Crippen molar-refractivity contribution in [2.45, 2.75) is 0 Å². The number of amides is 1. The third-order valence-corrected chi connectivity index (χ3v) is 5.20. The highest BCUT2D eigenvalue weighted by Crippen LogP contribution is 2.34. The summed E-state index contributed by atoms with van der Waals surface area (Å²) < 4.78 is 5.08. The van der Waals surface area contributed by atoms with E-state index in [9.17, 15) is 14.9 Å². The predicted molar refractivity (Wildman–Crippen MR) is 115 cm³/mol. The molecule has 148 valence electrons. The van der Waals surface area contributed by atoms with Gasteiger partial charge in [0.2, 0.25) is 0 Å². The Labute approximate surface area is 179 Å². The molecule has 2 aromatic rings. The molecule has 8 nitrogen and oxygen atoms in total. The molecular weight excluding hydrogens is 439 g/mol. The van der Waals surface area contributed by atoms with E-state index in [-0.39, 0.29) is 25.8 Å². The molecule has 1 aliphatic heterocycles. The molecule has 2 aromatic carbocycles. The molecule has 29 heavy (non-hydrogen) atoms. The zero-order chi connectivity index (χ0) is 21.0. The standard InChI is InChI=1S/C18H12Cl2N4O4S/c1-28-12-4-2-10(3-5-12)9-21-23-18-22-17(25)16(29-18)7-11-6-15(24(26)27)14(20)8-13(11)19/h2-9H,1H3,(H,22,23,25)/b16-7+,21-9-. The lowest BCUT2D eigenvalue weighted by molar-refractivity contribution is -0.384. The number of hydrogen-bond donors (Lipinski definition) is 1. The summed E-state index contributed by atoms with van der Waals surface area (Å²) in [6, 6.07) is 9.67. The van der Waals surface area contributed by atoms with E-state index in [2.05, 4.69) is 15.5 Å². The third-order valence-electron chi connectivity index (χ3n) is 3.67. The highest BCUT2D eigenvalue weighted by atomic mass is 35.5. The highest BCUT2D eigenvalue weighted by Gasteiger charge is 2.25. The molecule has 1 saturated heterocycles. The average molecular weight is 451 g/mol. The number of nitro groups is 1. The number of carbonyl (C=O) groups is 1. The third kappa shape index (κ3) is 5.14. The summed E-state index contributed by atoms with van der Waals surface area (Å²) in [7, 11) is 1.58. The van der Waals surface area contributed by atoms with Crippen LogP contribution in [0.4, 0.5) is 5.69 Å².